The lowest BCUT2D eigenvalue weighted by Gasteiger charge is -2.38. The zero-order chi connectivity index (χ0) is 20.5. The van der Waals surface area contributed by atoms with Crippen molar-refractivity contribution in [1.82, 2.24) is 9.80 Å². The van der Waals surface area contributed by atoms with Crippen LogP contribution in [0, 0.1) is 10.1 Å². The summed E-state index contributed by atoms with van der Waals surface area (Å²) in [6.07, 6.45) is 2.37. The van der Waals surface area contributed by atoms with Crippen LogP contribution in [0.25, 0.3) is 0 Å². The third-order valence-electron chi connectivity index (χ3n) is 5.60. The number of carbonyl (C=O) groups excluding carboxylic acids is 2. The van der Waals surface area contributed by atoms with E-state index in [2.05, 4.69) is 0 Å². The lowest BCUT2D eigenvalue weighted by atomic mass is 9.92. The fourth-order valence-electron chi connectivity index (χ4n) is 4.06. The van der Waals surface area contributed by atoms with Crippen LogP contribution in [0.1, 0.15) is 34.3 Å². The summed E-state index contributed by atoms with van der Waals surface area (Å²) in [7, 11) is 0. The number of halogens is 1. The summed E-state index contributed by atoms with van der Waals surface area (Å²) in [6.45, 7) is 1.69. The highest BCUT2D eigenvalue weighted by molar-refractivity contribution is 6.32. The monoisotopic (exact) mass is 413 g/mol. The predicted molar refractivity (Wildman–Crippen MR) is 108 cm³/mol. The maximum atomic E-state index is 13.3. The molecule has 1 saturated heterocycles. The van der Waals surface area contributed by atoms with Gasteiger partial charge in [0.05, 0.1) is 4.92 Å². The Balaban J connectivity index is 1.70. The molecule has 2 aromatic rings. The number of hydrogen-bond acceptors (Lipinski definition) is 4. The second kappa shape index (κ2) is 7.83. The van der Waals surface area contributed by atoms with Crippen molar-refractivity contribution in [2.24, 2.45) is 0 Å². The van der Waals surface area contributed by atoms with Crippen LogP contribution in [0.15, 0.2) is 42.5 Å². The molecule has 2 heterocycles. The molecule has 0 saturated carbocycles. The lowest BCUT2D eigenvalue weighted by Crippen LogP contribution is -2.53. The molecule has 1 unspecified atom stereocenters. The Labute approximate surface area is 173 Å². The highest BCUT2D eigenvalue weighted by Crippen LogP contribution is 2.30. The zero-order valence-electron chi connectivity index (χ0n) is 15.7. The number of nitro benzene ring substituents is 1. The van der Waals surface area contributed by atoms with Gasteiger partial charge in [-0.2, -0.15) is 0 Å². The average Bonchev–Trinajstić information content (AvgIpc) is 3.27. The first kappa shape index (κ1) is 19.4. The Morgan fingerprint density at radius 3 is 2.45 bits per heavy atom. The van der Waals surface area contributed by atoms with E-state index in [1.165, 1.54) is 23.1 Å². The molecular weight excluding hydrogens is 394 g/mol. The molecule has 1 atom stereocenters. The first-order valence-electron chi connectivity index (χ1n) is 9.56. The van der Waals surface area contributed by atoms with Gasteiger partial charge in [-0.15, -0.1) is 0 Å². The number of benzene rings is 2. The van der Waals surface area contributed by atoms with Crippen molar-refractivity contribution in [3.8, 4) is 0 Å². The van der Waals surface area contributed by atoms with Gasteiger partial charge in [0.25, 0.3) is 11.6 Å². The number of fused-ring (bicyclic) bond motifs is 1. The Kier molecular flexibility index (Phi) is 5.24. The van der Waals surface area contributed by atoms with Gasteiger partial charge in [0.1, 0.15) is 11.1 Å². The van der Waals surface area contributed by atoms with Crippen LogP contribution in [0.3, 0.4) is 0 Å². The van der Waals surface area contributed by atoms with Crippen molar-refractivity contribution >= 4 is 29.1 Å². The van der Waals surface area contributed by atoms with Gasteiger partial charge in [0, 0.05) is 37.7 Å². The molecular formula is C21H20ClN3O4. The van der Waals surface area contributed by atoms with Crippen LogP contribution in [-0.2, 0) is 17.8 Å². The third-order valence-corrected chi connectivity index (χ3v) is 5.92. The summed E-state index contributed by atoms with van der Waals surface area (Å²) in [6, 6.07) is 11.1. The summed E-state index contributed by atoms with van der Waals surface area (Å²) in [5, 5.41) is 11.2. The predicted octanol–water partition coefficient (Wildman–Crippen LogP) is 3.44. The summed E-state index contributed by atoms with van der Waals surface area (Å²) in [5.41, 5.74) is 1.86. The van der Waals surface area contributed by atoms with Crippen LogP contribution in [0.5, 0.6) is 0 Å². The molecule has 0 radical (unpaired) electrons. The molecule has 0 spiro atoms. The molecule has 2 aliphatic heterocycles. The maximum absolute atomic E-state index is 13.3. The minimum Gasteiger partial charge on any atom is -0.341 e. The summed E-state index contributed by atoms with van der Waals surface area (Å²) in [5.74, 6) is -0.467. The van der Waals surface area contributed by atoms with Crippen molar-refractivity contribution < 1.29 is 14.5 Å². The van der Waals surface area contributed by atoms with Crippen molar-refractivity contribution in [3.05, 3.63) is 74.3 Å². The number of rotatable bonds is 3. The van der Waals surface area contributed by atoms with E-state index in [0.717, 1.165) is 24.0 Å². The topological polar surface area (TPSA) is 83.8 Å². The van der Waals surface area contributed by atoms with Gasteiger partial charge in [0.15, 0.2) is 0 Å². The van der Waals surface area contributed by atoms with E-state index in [1.807, 2.05) is 29.2 Å². The Morgan fingerprint density at radius 1 is 1.07 bits per heavy atom. The van der Waals surface area contributed by atoms with Crippen molar-refractivity contribution in [2.75, 3.05) is 13.1 Å². The standard InChI is InChI=1S/C21H20ClN3O4/c22-17-8-7-15(12-18(17)25(28)29)20(26)24-13-16-6-2-1-5-14(16)11-19(24)21(27)23-9-3-4-10-23/h1-2,5-8,12,19H,3-4,9-11,13H2. The number of hydrogen-bond donors (Lipinski definition) is 0. The van der Waals surface area contributed by atoms with Crippen LogP contribution in [0.4, 0.5) is 5.69 Å². The van der Waals surface area contributed by atoms with Gasteiger partial charge in [-0.3, -0.25) is 19.7 Å². The highest BCUT2D eigenvalue weighted by Gasteiger charge is 2.38. The second-order valence-electron chi connectivity index (χ2n) is 7.38. The van der Waals surface area contributed by atoms with E-state index in [9.17, 15) is 19.7 Å². The summed E-state index contributed by atoms with van der Waals surface area (Å²) < 4.78 is 0. The molecule has 4 rings (SSSR count). The quantitative estimate of drug-likeness (QED) is 0.570. The first-order valence-corrected chi connectivity index (χ1v) is 9.94. The van der Waals surface area contributed by atoms with E-state index in [4.69, 9.17) is 11.6 Å². The molecule has 2 amide bonds. The lowest BCUT2D eigenvalue weighted by molar-refractivity contribution is -0.384. The molecule has 1 fully saturated rings. The maximum Gasteiger partial charge on any atom is 0.288 e. The smallest absolute Gasteiger partial charge is 0.288 e. The Hall–Kier alpha value is -2.93. The fourth-order valence-corrected chi connectivity index (χ4v) is 4.24. The summed E-state index contributed by atoms with van der Waals surface area (Å²) >= 11 is 5.89. The molecule has 7 nitrogen and oxygen atoms in total. The third kappa shape index (κ3) is 3.70. The average molecular weight is 414 g/mol. The number of nitro groups is 1. The number of carbonyl (C=O) groups is 2. The molecule has 2 aromatic carbocycles. The molecule has 2 aliphatic rings. The molecule has 29 heavy (non-hydrogen) atoms. The SMILES string of the molecule is O=C(C1Cc2ccccc2CN1C(=O)c1ccc(Cl)c([N+](=O)[O-])c1)N1CCCC1. The van der Waals surface area contributed by atoms with E-state index >= 15 is 0 Å². The highest BCUT2D eigenvalue weighted by atomic mass is 35.5. The zero-order valence-corrected chi connectivity index (χ0v) is 16.5. The minimum atomic E-state index is -0.620. The normalized spacial score (nSPS) is 18.4. The van der Waals surface area contributed by atoms with Crippen LogP contribution < -0.4 is 0 Å². The molecule has 0 N–H and O–H groups in total. The van der Waals surface area contributed by atoms with Gasteiger partial charge >= 0.3 is 0 Å². The summed E-state index contributed by atoms with van der Waals surface area (Å²) in [4.78, 5) is 40.5. The van der Waals surface area contributed by atoms with E-state index in [-0.39, 0.29) is 28.7 Å². The minimum absolute atomic E-state index is 0.0276. The van der Waals surface area contributed by atoms with E-state index in [1.54, 1.807) is 0 Å². The van der Waals surface area contributed by atoms with E-state index in [0.29, 0.717) is 19.5 Å². The fraction of sp³-hybridized carbons (Fsp3) is 0.333. The molecule has 150 valence electrons. The number of amides is 2. The largest absolute Gasteiger partial charge is 0.341 e. The van der Waals surface area contributed by atoms with Crippen molar-refractivity contribution in [2.45, 2.75) is 31.8 Å². The molecule has 8 heteroatoms. The van der Waals surface area contributed by atoms with Crippen LogP contribution in [-0.4, -0.2) is 45.7 Å². The van der Waals surface area contributed by atoms with Gasteiger partial charge < -0.3 is 9.80 Å². The van der Waals surface area contributed by atoms with Gasteiger partial charge in [-0.1, -0.05) is 35.9 Å². The number of likely N-dealkylation sites (tertiary alicyclic amines) is 1. The second-order valence-corrected chi connectivity index (χ2v) is 7.78. The van der Waals surface area contributed by atoms with Crippen LogP contribution >= 0.6 is 11.6 Å². The van der Waals surface area contributed by atoms with E-state index < -0.39 is 16.9 Å². The molecule has 0 aliphatic carbocycles. The van der Waals surface area contributed by atoms with Gasteiger partial charge in [-0.25, -0.2) is 0 Å². The van der Waals surface area contributed by atoms with Crippen molar-refractivity contribution in [1.29, 1.82) is 0 Å². The number of nitrogens with zero attached hydrogens (tertiary/aromatic N) is 3. The van der Waals surface area contributed by atoms with Crippen molar-refractivity contribution in [3.63, 3.8) is 0 Å². The Bertz CT molecular complexity index is 988. The van der Waals surface area contributed by atoms with Crippen LogP contribution in [0.2, 0.25) is 5.02 Å². The first-order chi connectivity index (χ1) is 14.0. The van der Waals surface area contributed by atoms with Gasteiger partial charge in [0.2, 0.25) is 5.91 Å². The Morgan fingerprint density at radius 2 is 1.76 bits per heavy atom. The molecule has 0 aromatic heterocycles. The van der Waals surface area contributed by atoms with Gasteiger partial charge in [-0.05, 0) is 36.1 Å². The molecule has 0 bridgehead atoms.